The van der Waals surface area contributed by atoms with E-state index in [1.165, 1.54) is 30.4 Å². The summed E-state index contributed by atoms with van der Waals surface area (Å²) in [5.41, 5.74) is 1.46. The van der Waals surface area contributed by atoms with Gasteiger partial charge in [0, 0.05) is 24.1 Å². The van der Waals surface area contributed by atoms with Gasteiger partial charge in [-0.1, -0.05) is 25.1 Å². The largest absolute Gasteiger partial charge is 0.497 e. The molecule has 0 saturated carbocycles. The lowest BCUT2D eigenvalue weighted by Gasteiger charge is -2.40. The molecule has 0 bridgehead atoms. The van der Waals surface area contributed by atoms with Gasteiger partial charge in [0.1, 0.15) is 16.3 Å². The van der Waals surface area contributed by atoms with Crippen molar-refractivity contribution < 1.29 is 22.5 Å². The lowest BCUT2D eigenvalue weighted by molar-refractivity contribution is -0.117. The molecule has 2 aromatic carbocycles. The number of amides is 1. The van der Waals surface area contributed by atoms with E-state index in [0.29, 0.717) is 22.0 Å². The third kappa shape index (κ3) is 4.93. The molecular weight excluding hydrogens is 450 g/mol. The predicted octanol–water partition coefficient (Wildman–Crippen LogP) is 4.25. The summed E-state index contributed by atoms with van der Waals surface area (Å²) in [5, 5.41) is 2.68. The van der Waals surface area contributed by atoms with E-state index in [0.717, 1.165) is 12.1 Å². The number of rotatable bonds is 8. The van der Waals surface area contributed by atoms with Crippen molar-refractivity contribution in [2.75, 3.05) is 16.7 Å². The minimum atomic E-state index is -4.40. The molecule has 0 saturated heterocycles. The Morgan fingerprint density at radius 3 is 2.47 bits per heavy atom. The molecule has 10 heteroatoms. The molecule has 170 valence electrons. The quantitative estimate of drug-likeness (QED) is 0.472. The van der Waals surface area contributed by atoms with Crippen molar-refractivity contribution in [3.05, 3.63) is 70.2 Å². The standard InChI is InChI=1S/C22H25N3O5S2/c1-5-17-14-31-21(23-17)22(3,16-9-11-18(12-10-16)24-32(27,28)29)25(15(2)26)19-7-6-8-20(13-19)30-4/h6-14,24H,5H2,1-4H3,(H,27,28,29)/t22-/m0/s1. The van der Waals surface area contributed by atoms with E-state index in [1.807, 2.05) is 36.1 Å². The summed E-state index contributed by atoms with van der Waals surface area (Å²) in [6.45, 7) is 5.40. The van der Waals surface area contributed by atoms with Gasteiger partial charge in [-0.15, -0.1) is 11.3 Å². The van der Waals surface area contributed by atoms with Crippen LogP contribution >= 0.6 is 11.3 Å². The topological polar surface area (TPSA) is 109 Å². The van der Waals surface area contributed by atoms with Gasteiger partial charge in [0.2, 0.25) is 5.91 Å². The molecule has 3 rings (SSSR count). The van der Waals surface area contributed by atoms with Crippen LogP contribution in [0, 0.1) is 0 Å². The number of nitrogens with one attached hydrogen (secondary N) is 1. The van der Waals surface area contributed by atoms with Crippen LogP contribution in [-0.2, 0) is 27.1 Å². The lowest BCUT2D eigenvalue weighted by Crippen LogP contribution is -2.48. The van der Waals surface area contributed by atoms with Gasteiger partial charge < -0.3 is 4.74 Å². The van der Waals surface area contributed by atoms with Gasteiger partial charge in [-0.05, 0) is 43.2 Å². The summed E-state index contributed by atoms with van der Waals surface area (Å²) in [4.78, 5) is 19.4. The lowest BCUT2D eigenvalue weighted by atomic mass is 9.89. The Hall–Kier alpha value is -2.95. The van der Waals surface area contributed by atoms with E-state index >= 15 is 0 Å². The summed E-state index contributed by atoms with van der Waals surface area (Å²) in [5.74, 6) is 0.409. The van der Waals surface area contributed by atoms with Crippen LogP contribution in [0.4, 0.5) is 11.4 Å². The average Bonchev–Trinajstić information content (AvgIpc) is 3.23. The molecule has 0 aliphatic rings. The third-order valence-corrected chi connectivity index (χ3v) is 6.69. The number of methoxy groups -OCH3 is 1. The summed E-state index contributed by atoms with van der Waals surface area (Å²) in [6.07, 6.45) is 0.753. The third-order valence-electron chi connectivity index (χ3n) is 5.10. The molecule has 1 aromatic heterocycles. The van der Waals surface area contributed by atoms with Crippen molar-refractivity contribution in [1.29, 1.82) is 0 Å². The Morgan fingerprint density at radius 2 is 1.94 bits per heavy atom. The predicted molar refractivity (Wildman–Crippen MR) is 126 cm³/mol. The fourth-order valence-electron chi connectivity index (χ4n) is 3.56. The molecule has 0 aliphatic carbocycles. The normalized spacial score (nSPS) is 13.3. The number of thiazole rings is 1. The first-order valence-corrected chi connectivity index (χ1v) is 12.2. The Balaban J connectivity index is 2.20. The molecule has 1 heterocycles. The fraction of sp³-hybridized carbons (Fsp3) is 0.273. The summed E-state index contributed by atoms with van der Waals surface area (Å²) in [7, 11) is -2.84. The van der Waals surface area contributed by atoms with Crippen LogP contribution in [0.5, 0.6) is 5.75 Å². The van der Waals surface area contributed by atoms with Crippen LogP contribution in [0.25, 0.3) is 0 Å². The number of ether oxygens (including phenoxy) is 1. The van der Waals surface area contributed by atoms with Crippen LogP contribution < -0.4 is 14.4 Å². The number of nitrogens with zero attached hydrogens (tertiary/aromatic N) is 2. The highest BCUT2D eigenvalue weighted by atomic mass is 32.2. The minimum absolute atomic E-state index is 0.197. The van der Waals surface area contributed by atoms with Crippen LogP contribution in [-0.4, -0.2) is 31.0 Å². The molecule has 1 atom stereocenters. The number of carbonyl (C=O) groups is 1. The van der Waals surface area contributed by atoms with Gasteiger partial charge in [0.05, 0.1) is 18.5 Å². The number of anilines is 2. The highest BCUT2D eigenvalue weighted by molar-refractivity contribution is 7.87. The molecule has 1 amide bonds. The van der Waals surface area contributed by atoms with E-state index in [1.54, 1.807) is 36.3 Å². The monoisotopic (exact) mass is 475 g/mol. The van der Waals surface area contributed by atoms with Crippen molar-refractivity contribution in [2.24, 2.45) is 0 Å². The van der Waals surface area contributed by atoms with E-state index < -0.39 is 15.8 Å². The van der Waals surface area contributed by atoms with Crippen molar-refractivity contribution in [1.82, 2.24) is 4.98 Å². The SMILES string of the molecule is CCc1csc([C@](C)(c2ccc(NS(=O)(=O)O)cc2)N(C(C)=O)c2cccc(OC)c2)n1. The van der Waals surface area contributed by atoms with E-state index in [9.17, 15) is 13.2 Å². The second kappa shape index (κ2) is 9.27. The van der Waals surface area contributed by atoms with Crippen molar-refractivity contribution >= 4 is 38.9 Å². The molecule has 2 N–H and O–H groups in total. The van der Waals surface area contributed by atoms with E-state index in [4.69, 9.17) is 14.3 Å². The summed E-state index contributed by atoms with van der Waals surface area (Å²) < 4.78 is 38.7. The van der Waals surface area contributed by atoms with Crippen LogP contribution in [0.15, 0.2) is 53.9 Å². The smallest absolute Gasteiger partial charge is 0.357 e. The second-order valence-electron chi connectivity index (χ2n) is 7.28. The maximum Gasteiger partial charge on any atom is 0.357 e. The number of hydrogen-bond donors (Lipinski definition) is 2. The first kappa shape index (κ1) is 23.7. The number of hydrogen-bond acceptors (Lipinski definition) is 6. The second-order valence-corrected chi connectivity index (χ2v) is 9.29. The Labute approximate surface area is 191 Å². The number of carbonyl (C=O) groups excluding carboxylic acids is 1. The zero-order chi connectivity index (χ0) is 23.5. The average molecular weight is 476 g/mol. The molecule has 0 aliphatic heterocycles. The Bertz CT molecular complexity index is 1210. The first-order chi connectivity index (χ1) is 15.1. The van der Waals surface area contributed by atoms with Crippen molar-refractivity contribution in [2.45, 2.75) is 32.7 Å². The molecular formula is C22H25N3O5S2. The van der Waals surface area contributed by atoms with Gasteiger partial charge >= 0.3 is 10.3 Å². The van der Waals surface area contributed by atoms with E-state index in [2.05, 4.69) is 0 Å². The first-order valence-electron chi connectivity index (χ1n) is 9.84. The van der Waals surface area contributed by atoms with Crippen LogP contribution in [0.3, 0.4) is 0 Å². The highest BCUT2D eigenvalue weighted by Crippen LogP contribution is 2.41. The Morgan fingerprint density at radius 1 is 1.25 bits per heavy atom. The van der Waals surface area contributed by atoms with Gasteiger partial charge in [-0.2, -0.15) is 8.42 Å². The summed E-state index contributed by atoms with van der Waals surface area (Å²) in [6, 6.07) is 13.7. The van der Waals surface area contributed by atoms with Gasteiger partial charge in [-0.3, -0.25) is 19.0 Å². The maximum atomic E-state index is 13.0. The molecule has 0 unspecified atom stereocenters. The van der Waals surface area contributed by atoms with Gasteiger partial charge in [-0.25, -0.2) is 4.98 Å². The zero-order valence-corrected chi connectivity index (χ0v) is 19.8. The molecule has 3 aromatic rings. The van der Waals surface area contributed by atoms with Crippen molar-refractivity contribution in [3.8, 4) is 5.75 Å². The number of aryl methyl sites for hydroxylation is 1. The van der Waals surface area contributed by atoms with E-state index in [-0.39, 0.29) is 11.6 Å². The van der Waals surface area contributed by atoms with Crippen LogP contribution in [0.1, 0.15) is 37.0 Å². The minimum Gasteiger partial charge on any atom is -0.497 e. The summed E-state index contributed by atoms with van der Waals surface area (Å²) >= 11 is 1.45. The number of aromatic nitrogens is 1. The highest BCUT2D eigenvalue weighted by Gasteiger charge is 2.41. The Kier molecular flexibility index (Phi) is 6.87. The molecule has 0 radical (unpaired) electrons. The van der Waals surface area contributed by atoms with Crippen LogP contribution in [0.2, 0.25) is 0 Å². The number of benzene rings is 2. The maximum absolute atomic E-state index is 13.0. The van der Waals surface area contributed by atoms with Gasteiger partial charge in [0.25, 0.3) is 0 Å². The molecule has 32 heavy (non-hydrogen) atoms. The molecule has 0 fully saturated rings. The fourth-order valence-corrected chi connectivity index (χ4v) is 5.07. The molecule has 0 spiro atoms. The van der Waals surface area contributed by atoms with Crippen molar-refractivity contribution in [3.63, 3.8) is 0 Å². The van der Waals surface area contributed by atoms with Gasteiger partial charge in [0.15, 0.2) is 0 Å². The zero-order valence-electron chi connectivity index (χ0n) is 18.2. The molecule has 8 nitrogen and oxygen atoms in total.